The highest BCUT2D eigenvalue weighted by atomic mass is 16.2. The summed E-state index contributed by atoms with van der Waals surface area (Å²) in [5.41, 5.74) is 4.02. The zero-order valence-electron chi connectivity index (χ0n) is 12.5. The molecule has 0 atom stereocenters. The molecule has 1 aliphatic heterocycles. The molecule has 1 aromatic heterocycles. The maximum absolute atomic E-state index is 12.4. The molecule has 0 aromatic carbocycles. The number of nitrogens with zero attached hydrogens (tertiary/aromatic N) is 2. The van der Waals surface area contributed by atoms with Crippen LogP contribution in [-0.4, -0.2) is 28.9 Å². The molecular weight excluding hydrogens is 252 g/mol. The van der Waals surface area contributed by atoms with Crippen molar-refractivity contribution in [1.82, 2.24) is 9.88 Å². The first-order valence-corrected chi connectivity index (χ1v) is 7.14. The topological polar surface area (TPSA) is 71.2 Å². The van der Waals surface area contributed by atoms with Gasteiger partial charge >= 0.3 is 0 Å². The van der Waals surface area contributed by atoms with E-state index in [-0.39, 0.29) is 5.91 Å². The minimum atomic E-state index is 0.0148. The smallest absolute Gasteiger partial charge is 0.272 e. The zero-order chi connectivity index (χ0) is 14.8. The number of carbonyl (C=O) groups is 1. The lowest BCUT2D eigenvalue weighted by molar-refractivity contribution is 0.0603. The van der Waals surface area contributed by atoms with Gasteiger partial charge in [0.2, 0.25) is 0 Å². The number of nitrogen functional groups attached to an aromatic ring is 1. The Bertz CT molecular complexity index is 456. The summed E-state index contributed by atoms with van der Waals surface area (Å²) in [7, 11) is 0. The van der Waals surface area contributed by atoms with Crippen LogP contribution in [0.1, 0.15) is 44.1 Å². The van der Waals surface area contributed by atoms with E-state index in [4.69, 9.17) is 5.84 Å². The number of likely N-dealkylation sites (tertiary alicyclic amines) is 1. The average Bonchev–Trinajstić information content (AvgIpc) is 2.46. The number of aromatic nitrogens is 1. The number of rotatable bonds is 2. The van der Waals surface area contributed by atoms with Gasteiger partial charge in [-0.1, -0.05) is 20.8 Å². The van der Waals surface area contributed by atoms with Gasteiger partial charge in [0.15, 0.2) is 0 Å². The molecule has 0 unspecified atom stereocenters. The number of piperidine rings is 1. The van der Waals surface area contributed by atoms with Crippen LogP contribution in [0.4, 0.5) is 5.69 Å². The minimum Gasteiger partial charge on any atom is -0.337 e. The van der Waals surface area contributed by atoms with Gasteiger partial charge in [-0.25, -0.2) is 4.98 Å². The number of hydrogen-bond donors (Lipinski definition) is 2. The van der Waals surface area contributed by atoms with Crippen LogP contribution in [0.2, 0.25) is 0 Å². The van der Waals surface area contributed by atoms with Crippen LogP contribution in [0.25, 0.3) is 0 Å². The Hall–Kier alpha value is -1.62. The fourth-order valence-corrected chi connectivity index (χ4v) is 2.72. The number of hydrazine groups is 1. The number of anilines is 1. The Labute approximate surface area is 120 Å². The molecule has 1 saturated heterocycles. The van der Waals surface area contributed by atoms with Gasteiger partial charge in [-0.15, -0.1) is 0 Å². The maximum atomic E-state index is 12.4. The highest BCUT2D eigenvalue weighted by Crippen LogP contribution is 2.34. The van der Waals surface area contributed by atoms with E-state index in [1.54, 1.807) is 18.3 Å². The van der Waals surface area contributed by atoms with Gasteiger partial charge in [0, 0.05) is 13.1 Å². The van der Waals surface area contributed by atoms with E-state index in [1.807, 2.05) is 4.90 Å². The van der Waals surface area contributed by atoms with Crippen LogP contribution in [0.3, 0.4) is 0 Å². The van der Waals surface area contributed by atoms with Crippen molar-refractivity contribution in [2.24, 2.45) is 17.2 Å². The minimum absolute atomic E-state index is 0.0148. The molecule has 0 radical (unpaired) electrons. The monoisotopic (exact) mass is 276 g/mol. The second-order valence-electron chi connectivity index (χ2n) is 6.51. The van der Waals surface area contributed by atoms with E-state index in [0.29, 0.717) is 22.7 Å². The quantitative estimate of drug-likeness (QED) is 0.642. The number of carbonyl (C=O) groups excluding carboxylic acids is 1. The van der Waals surface area contributed by atoms with Crippen molar-refractivity contribution in [3.8, 4) is 0 Å². The van der Waals surface area contributed by atoms with Crippen molar-refractivity contribution >= 4 is 11.6 Å². The Morgan fingerprint density at radius 3 is 2.45 bits per heavy atom. The summed E-state index contributed by atoms with van der Waals surface area (Å²) in [5, 5.41) is 0. The first kappa shape index (κ1) is 14.8. The van der Waals surface area contributed by atoms with E-state index in [9.17, 15) is 4.79 Å². The lowest BCUT2D eigenvalue weighted by atomic mass is 9.75. The van der Waals surface area contributed by atoms with Gasteiger partial charge in [-0.2, -0.15) is 0 Å². The molecule has 5 heteroatoms. The highest BCUT2D eigenvalue weighted by Gasteiger charge is 2.30. The molecule has 3 N–H and O–H groups in total. The summed E-state index contributed by atoms with van der Waals surface area (Å²) < 4.78 is 0. The van der Waals surface area contributed by atoms with Gasteiger partial charge in [0.05, 0.1) is 11.9 Å². The van der Waals surface area contributed by atoms with Crippen LogP contribution < -0.4 is 11.3 Å². The van der Waals surface area contributed by atoms with E-state index < -0.39 is 0 Å². The normalized spacial score (nSPS) is 17.1. The van der Waals surface area contributed by atoms with Crippen molar-refractivity contribution in [2.45, 2.75) is 33.6 Å². The van der Waals surface area contributed by atoms with Gasteiger partial charge in [-0.3, -0.25) is 10.6 Å². The van der Waals surface area contributed by atoms with Crippen molar-refractivity contribution in [1.29, 1.82) is 0 Å². The molecule has 1 fully saturated rings. The fourth-order valence-electron chi connectivity index (χ4n) is 2.72. The van der Waals surface area contributed by atoms with Gasteiger partial charge in [0.1, 0.15) is 5.69 Å². The number of nitrogens with two attached hydrogens (primary N) is 1. The highest BCUT2D eigenvalue weighted by molar-refractivity contribution is 5.92. The third-order valence-electron chi connectivity index (χ3n) is 4.16. The molecule has 2 rings (SSSR count). The molecule has 1 aromatic rings. The van der Waals surface area contributed by atoms with Gasteiger partial charge in [0.25, 0.3) is 5.91 Å². The van der Waals surface area contributed by atoms with E-state index in [2.05, 4.69) is 31.2 Å². The van der Waals surface area contributed by atoms with E-state index >= 15 is 0 Å². The SMILES string of the molecule is CC(C)(C)C1CCN(C(=O)c2ccc(NN)cn2)CC1. The lowest BCUT2D eigenvalue weighted by Gasteiger charge is -2.38. The first-order valence-electron chi connectivity index (χ1n) is 7.14. The second kappa shape index (κ2) is 5.79. The summed E-state index contributed by atoms with van der Waals surface area (Å²) in [5.74, 6) is 5.99. The lowest BCUT2D eigenvalue weighted by Crippen LogP contribution is -2.41. The molecule has 110 valence electrons. The van der Waals surface area contributed by atoms with Crippen molar-refractivity contribution in [3.05, 3.63) is 24.0 Å². The predicted octanol–water partition coefficient (Wildman–Crippen LogP) is 2.27. The van der Waals surface area contributed by atoms with Crippen LogP contribution in [0, 0.1) is 11.3 Å². The van der Waals surface area contributed by atoms with Crippen molar-refractivity contribution < 1.29 is 4.79 Å². The third kappa shape index (κ3) is 3.28. The van der Waals surface area contributed by atoms with Crippen LogP contribution in [0.15, 0.2) is 18.3 Å². The Morgan fingerprint density at radius 1 is 1.35 bits per heavy atom. The molecule has 0 bridgehead atoms. The second-order valence-corrected chi connectivity index (χ2v) is 6.51. The van der Waals surface area contributed by atoms with Crippen molar-refractivity contribution in [2.75, 3.05) is 18.5 Å². The van der Waals surface area contributed by atoms with Gasteiger partial charge in [-0.05, 0) is 36.3 Å². The molecule has 2 heterocycles. The Kier molecular flexibility index (Phi) is 4.28. The van der Waals surface area contributed by atoms with Crippen LogP contribution >= 0.6 is 0 Å². The summed E-state index contributed by atoms with van der Waals surface area (Å²) in [4.78, 5) is 18.4. The number of amides is 1. The standard InChI is InChI=1S/C15H24N4O/c1-15(2,3)11-6-8-19(9-7-11)14(20)13-5-4-12(18-16)10-17-13/h4-5,10-11,18H,6-9,16H2,1-3H3. The molecule has 0 spiro atoms. The van der Waals surface area contributed by atoms with Gasteiger partial charge < -0.3 is 10.3 Å². The number of nitrogens with one attached hydrogen (secondary N) is 1. The van der Waals surface area contributed by atoms with Crippen molar-refractivity contribution in [3.63, 3.8) is 0 Å². The Morgan fingerprint density at radius 2 is 2.00 bits per heavy atom. The zero-order valence-corrected chi connectivity index (χ0v) is 12.5. The molecule has 0 aliphatic carbocycles. The summed E-state index contributed by atoms with van der Waals surface area (Å²) >= 11 is 0. The first-order chi connectivity index (χ1) is 9.41. The van der Waals surface area contributed by atoms with Crippen LogP contribution in [0.5, 0.6) is 0 Å². The summed E-state index contributed by atoms with van der Waals surface area (Å²) in [6.45, 7) is 8.46. The summed E-state index contributed by atoms with van der Waals surface area (Å²) in [6.07, 6.45) is 3.71. The largest absolute Gasteiger partial charge is 0.337 e. The fraction of sp³-hybridized carbons (Fsp3) is 0.600. The van der Waals surface area contributed by atoms with E-state index in [0.717, 1.165) is 25.9 Å². The molecule has 20 heavy (non-hydrogen) atoms. The number of pyridine rings is 1. The molecule has 1 aliphatic rings. The summed E-state index contributed by atoms with van der Waals surface area (Å²) in [6, 6.07) is 3.48. The molecule has 1 amide bonds. The predicted molar refractivity (Wildman–Crippen MR) is 80.1 cm³/mol. The van der Waals surface area contributed by atoms with E-state index in [1.165, 1.54) is 0 Å². The molecule has 0 saturated carbocycles. The molecule has 5 nitrogen and oxygen atoms in total. The average molecular weight is 276 g/mol. The van der Waals surface area contributed by atoms with Crippen LogP contribution in [-0.2, 0) is 0 Å². The molecular formula is C15H24N4O. The maximum Gasteiger partial charge on any atom is 0.272 e. The number of hydrogen-bond acceptors (Lipinski definition) is 4. The Balaban J connectivity index is 1.97. The third-order valence-corrected chi connectivity index (χ3v) is 4.16.